The number of esters is 2. The fourth-order valence-electron chi connectivity index (χ4n) is 11.2. The third kappa shape index (κ3) is 74.1. The molecular formula is C79H144NO8P. The maximum absolute atomic E-state index is 12.8. The van der Waals surface area contributed by atoms with Crippen LogP contribution in [-0.2, 0) is 32.7 Å². The zero-order chi connectivity index (χ0) is 64.4. The van der Waals surface area contributed by atoms with Crippen LogP contribution in [-0.4, -0.2) is 49.3 Å². The third-order valence-electron chi connectivity index (χ3n) is 16.8. The summed E-state index contributed by atoms with van der Waals surface area (Å²) in [5.41, 5.74) is 5.41. The van der Waals surface area contributed by atoms with Crippen LogP contribution >= 0.6 is 7.82 Å². The molecule has 3 N–H and O–H groups in total. The highest BCUT2D eigenvalue weighted by Crippen LogP contribution is 2.43. The Hall–Kier alpha value is -2.81. The predicted octanol–water partition coefficient (Wildman–Crippen LogP) is 25.3. The molecule has 0 aliphatic carbocycles. The van der Waals surface area contributed by atoms with Gasteiger partial charge in [0.05, 0.1) is 13.2 Å². The smallest absolute Gasteiger partial charge is 0.462 e. The van der Waals surface area contributed by atoms with E-state index in [9.17, 15) is 19.0 Å². The molecule has 0 aromatic carbocycles. The molecule has 2 unspecified atom stereocenters. The normalized spacial score (nSPS) is 13.3. The van der Waals surface area contributed by atoms with Crippen molar-refractivity contribution in [3.05, 3.63) is 85.1 Å². The van der Waals surface area contributed by atoms with Gasteiger partial charge in [0.15, 0.2) is 6.10 Å². The molecule has 0 heterocycles. The van der Waals surface area contributed by atoms with E-state index < -0.39 is 26.5 Å². The van der Waals surface area contributed by atoms with E-state index in [1.165, 1.54) is 270 Å². The van der Waals surface area contributed by atoms with Crippen LogP contribution in [0.2, 0.25) is 0 Å². The maximum atomic E-state index is 12.8. The van der Waals surface area contributed by atoms with E-state index in [1.54, 1.807) is 0 Å². The Morgan fingerprint density at radius 3 is 0.933 bits per heavy atom. The van der Waals surface area contributed by atoms with E-state index in [2.05, 4.69) is 98.9 Å². The number of allylic oxidation sites excluding steroid dienone is 14. The van der Waals surface area contributed by atoms with Crippen LogP contribution in [0.5, 0.6) is 0 Å². The van der Waals surface area contributed by atoms with Gasteiger partial charge >= 0.3 is 19.8 Å². The Kier molecular flexibility index (Phi) is 71.9. The van der Waals surface area contributed by atoms with E-state index in [4.69, 9.17) is 24.3 Å². The Bertz CT molecular complexity index is 1740. The first-order chi connectivity index (χ1) is 43.8. The summed E-state index contributed by atoms with van der Waals surface area (Å²) in [4.78, 5) is 35.4. The van der Waals surface area contributed by atoms with Gasteiger partial charge in [-0.05, 0) is 89.9 Å². The van der Waals surface area contributed by atoms with E-state index in [0.29, 0.717) is 6.42 Å². The molecule has 9 nitrogen and oxygen atoms in total. The molecule has 0 amide bonds. The van der Waals surface area contributed by atoms with Gasteiger partial charge in [0.1, 0.15) is 6.61 Å². The van der Waals surface area contributed by atoms with Crippen LogP contribution in [0.4, 0.5) is 0 Å². The number of phosphoric ester groups is 1. The van der Waals surface area contributed by atoms with Gasteiger partial charge in [-0.3, -0.25) is 18.6 Å². The summed E-state index contributed by atoms with van der Waals surface area (Å²) in [5, 5.41) is 0. The molecule has 0 rings (SSSR count). The molecule has 0 aromatic heterocycles. The van der Waals surface area contributed by atoms with E-state index in [0.717, 1.165) is 70.6 Å². The Labute approximate surface area is 551 Å². The van der Waals surface area contributed by atoms with Crippen molar-refractivity contribution in [2.24, 2.45) is 5.73 Å². The van der Waals surface area contributed by atoms with Crippen molar-refractivity contribution in [1.29, 1.82) is 0 Å². The molecule has 2 atom stereocenters. The topological polar surface area (TPSA) is 134 Å². The second-order valence-electron chi connectivity index (χ2n) is 25.5. The minimum Gasteiger partial charge on any atom is -0.462 e. The Morgan fingerprint density at radius 1 is 0.348 bits per heavy atom. The SMILES string of the molecule is CC/C=C\C/C=C\C/C=C\C/C=C\C/C=C\C/C=C\CCCCCCCCCCCCCCCCCCCCCCCCC(=O)OC(COC(=O)CCCCCCCCCCCCCCCCC/C=C\CCCCCCCCCC)COP(=O)(O)OCCN. The number of rotatable bonds is 72. The molecule has 0 radical (unpaired) electrons. The molecule has 0 spiro atoms. The molecule has 0 saturated heterocycles. The van der Waals surface area contributed by atoms with Gasteiger partial charge in [-0.1, -0.05) is 356 Å². The Morgan fingerprint density at radius 2 is 0.618 bits per heavy atom. The quantitative estimate of drug-likeness (QED) is 0.0264. The largest absolute Gasteiger partial charge is 0.472 e. The van der Waals surface area contributed by atoms with Crippen LogP contribution in [0.3, 0.4) is 0 Å². The second kappa shape index (κ2) is 74.2. The first kappa shape index (κ1) is 86.2. The lowest BCUT2D eigenvalue weighted by Gasteiger charge is -2.19. The summed E-state index contributed by atoms with van der Waals surface area (Å²) < 4.78 is 33.2. The first-order valence-corrected chi connectivity index (χ1v) is 39.6. The number of nitrogens with two attached hydrogens (primary N) is 1. The number of unbranched alkanes of at least 4 members (excludes halogenated alkanes) is 45. The van der Waals surface area contributed by atoms with Crippen molar-refractivity contribution in [2.75, 3.05) is 26.4 Å². The molecule has 0 saturated carbocycles. The number of carbonyl (C=O) groups is 2. The molecule has 0 aliphatic heterocycles. The van der Waals surface area contributed by atoms with Crippen LogP contribution in [0.1, 0.15) is 373 Å². The molecule has 518 valence electrons. The fraction of sp³-hybridized carbons (Fsp3) is 0.797. The average Bonchev–Trinajstić information content (AvgIpc) is 3.58. The third-order valence-corrected chi connectivity index (χ3v) is 17.7. The van der Waals surface area contributed by atoms with Gasteiger partial charge in [-0.15, -0.1) is 0 Å². The number of hydrogen-bond acceptors (Lipinski definition) is 8. The number of ether oxygens (including phenoxy) is 2. The van der Waals surface area contributed by atoms with Crippen molar-refractivity contribution in [3.63, 3.8) is 0 Å². The van der Waals surface area contributed by atoms with Gasteiger partial charge in [-0.2, -0.15) is 0 Å². The van der Waals surface area contributed by atoms with Crippen molar-refractivity contribution >= 4 is 19.8 Å². The highest BCUT2D eigenvalue weighted by Gasteiger charge is 2.26. The molecule has 0 fully saturated rings. The molecule has 0 aromatic rings. The molecular weight excluding hydrogens is 1120 g/mol. The lowest BCUT2D eigenvalue weighted by Crippen LogP contribution is -2.29. The van der Waals surface area contributed by atoms with Crippen LogP contribution < -0.4 is 5.73 Å². The molecule has 0 aliphatic rings. The lowest BCUT2D eigenvalue weighted by molar-refractivity contribution is -0.161. The van der Waals surface area contributed by atoms with Crippen LogP contribution in [0, 0.1) is 0 Å². The van der Waals surface area contributed by atoms with Gasteiger partial charge in [0.2, 0.25) is 0 Å². The second-order valence-corrected chi connectivity index (χ2v) is 26.9. The van der Waals surface area contributed by atoms with Gasteiger partial charge in [0.25, 0.3) is 0 Å². The van der Waals surface area contributed by atoms with Gasteiger partial charge < -0.3 is 20.1 Å². The zero-order valence-corrected chi connectivity index (χ0v) is 59.3. The van der Waals surface area contributed by atoms with Crippen molar-refractivity contribution in [3.8, 4) is 0 Å². The number of carbonyl (C=O) groups excluding carboxylic acids is 2. The van der Waals surface area contributed by atoms with E-state index in [-0.39, 0.29) is 38.6 Å². The van der Waals surface area contributed by atoms with Crippen LogP contribution in [0.15, 0.2) is 85.1 Å². The highest BCUT2D eigenvalue weighted by atomic mass is 31.2. The van der Waals surface area contributed by atoms with E-state index >= 15 is 0 Å². The predicted molar refractivity (Wildman–Crippen MR) is 386 cm³/mol. The van der Waals surface area contributed by atoms with Crippen molar-refractivity contribution in [1.82, 2.24) is 0 Å². The van der Waals surface area contributed by atoms with Crippen molar-refractivity contribution < 1.29 is 37.6 Å². The van der Waals surface area contributed by atoms with Crippen molar-refractivity contribution in [2.45, 2.75) is 380 Å². The molecule has 10 heteroatoms. The highest BCUT2D eigenvalue weighted by molar-refractivity contribution is 7.47. The first-order valence-electron chi connectivity index (χ1n) is 38.1. The summed E-state index contributed by atoms with van der Waals surface area (Å²) in [6, 6.07) is 0. The molecule has 0 bridgehead atoms. The summed E-state index contributed by atoms with van der Waals surface area (Å²) >= 11 is 0. The number of hydrogen-bond donors (Lipinski definition) is 2. The number of phosphoric acid groups is 1. The van der Waals surface area contributed by atoms with Crippen LogP contribution in [0.25, 0.3) is 0 Å². The fourth-order valence-corrected chi connectivity index (χ4v) is 11.9. The summed E-state index contributed by atoms with van der Waals surface area (Å²) in [5.74, 6) is -0.808. The zero-order valence-electron chi connectivity index (χ0n) is 58.4. The standard InChI is InChI=1S/C79H144NO8P/c1-3-5-7-9-11-13-15-17-19-21-23-25-27-29-31-32-33-34-35-36-37-38-39-40-41-42-43-44-46-48-50-52-54-56-58-60-62-64-66-68-70-72-79(82)88-77(76-87-89(83,84)86-74-73-80)75-85-78(81)71-69-67-65-63-61-59-57-55-53-51-49-47-45-30-28-26-24-22-20-18-16-14-12-10-8-6-4-2/h5,7,11,13,17,19,22-25,29,31,33-34,77H,3-4,6,8-10,12,14-16,18,20-21,26-28,30,32,35-76,80H2,1-2H3,(H,83,84)/b7-5-,13-11-,19-17-,24-22-,25-23-,31-29-,34-33-. The van der Waals surface area contributed by atoms with Gasteiger partial charge in [-0.25, -0.2) is 4.57 Å². The molecule has 89 heavy (non-hydrogen) atoms. The summed E-state index contributed by atoms with van der Waals surface area (Å²) in [6.07, 6.45) is 99.9. The lowest BCUT2D eigenvalue weighted by atomic mass is 10.0. The minimum absolute atomic E-state index is 0.0542. The summed E-state index contributed by atoms with van der Waals surface area (Å²) in [7, 11) is -4.39. The monoisotopic (exact) mass is 1270 g/mol. The minimum atomic E-state index is -4.39. The maximum Gasteiger partial charge on any atom is 0.472 e. The van der Waals surface area contributed by atoms with E-state index in [1.807, 2.05) is 0 Å². The summed E-state index contributed by atoms with van der Waals surface area (Å²) in [6.45, 7) is 3.69. The van der Waals surface area contributed by atoms with Gasteiger partial charge in [0, 0.05) is 19.4 Å². The Balaban J connectivity index is 3.79. The average molecular weight is 1270 g/mol.